The molecule has 9 nitrogen and oxygen atoms in total. The van der Waals surface area contributed by atoms with E-state index in [4.69, 9.17) is 25.8 Å². The van der Waals surface area contributed by atoms with Crippen LogP contribution in [-0.2, 0) is 9.53 Å². The van der Waals surface area contributed by atoms with Gasteiger partial charge in [0.25, 0.3) is 5.69 Å². The molecule has 0 saturated carbocycles. The Kier molecular flexibility index (Phi) is 6.84. The molecule has 182 valence electrons. The van der Waals surface area contributed by atoms with Crippen molar-refractivity contribution in [1.29, 1.82) is 0 Å². The maximum Gasteiger partial charge on any atom is 0.363 e. The Labute approximate surface area is 210 Å². The van der Waals surface area contributed by atoms with Crippen LogP contribution in [0.3, 0.4) is 0 Å². The van der Waals surface area contributed by atoms with Crippen LogP contribution in [0.4, 0.5) is 5.69 Å². The van der Waals surface area contributed by atoms with E-state index in [0.717, 1.165) is 5.56 Å². The fourth-order valence-electron chi connectivity index (χ4n) is 3.56. The number of ether oxygens (including phenoxy) is 3. The molecule has 3 aromatic rings. The van der Waals surface area contributed by atoms with Crippen molar-refractivity contribution in [2.45, 2.75) is 13.8 Å². The highest BCUT2D eigenvalue weighted by Crippen LogP contribution is 2.38. The normalized spacial score (nSPS) is 13.8. The molecule has 0 N–H and O–H groups in total. The number of aliphatic imine (C=N–C) groups is 1. The van der Waals surface area contributed by atoms with Gasteiger partial charge in [0.1, 0.15) is 0 Å². The molecule has 0 unspecified atom stereocenters. The van der Waals surface area contributed by atoms with Crippen LogP contribution in [0.25, 0.3) is 6.08 Å². The molecule has 1 aliphatic heterocycles. The number of benzene rings is 3. The van der Waals surface area contributed by atoms with Crippen LogP contribution >= 0.6 is 11.6 Å². The van der Waals surface area contributed by atoms with E-state index in [1.165, 1.54) is 43.5 Å². The van der Waals surface area contributed by atoms with Gasteiger partial charge in [-0.3, -0.25) is 10.1 Å². The van der Waals surface area contributed by atoms with Crippen molar-refractivity contribution in [2.24, 2.45) is 4.99 Å². The van der Waals surface area contributed by atoms with Crippen LogP contribution in [0.2, 0.25) is 5.02 Å². The Balaban J connectivity index is 1.63. The van der Waals surface area contributed by atoms with Gasteiger partial charge in [-0.2, -0.15) is 0 Å². The number of nitro groups is 1. The van der Waals surface area contributed by atoms with Crippen LogP contribution in [0, 0.1) is 24.0 Å². The zero-order chi connectivity index (χ0) is 26.0. The molecule has 0 aliphatic carbocycles. The van der Waals surface area contributed by atoms with Gasteiger partial charge in [0, 0.05) is 17.2 Å². The van der Waals surface area contributed by atoms with Crippen molar-refractivity contribution in [2.75, 3.05) is 7.11 Å². The summed E-state index contributed by atoms with van der Waals surface area (Å²) in [5, 5.41) is 11.1. The number of cyclic esters (lactones) is 1. The van der Waals surface area contributed by atoms with Crippen molar-refractivity contribution < 1.29 is 28.7 Å². The Hall–Kier alpha value is -4.50. The SMILES string of the molecule is COc1cc(/C=C2\N=C(c3ccc([N+](=O)[O-])c(C)c3)OC2=O)cc(Cl)c1OC(=O)c1ccccc1C. The Morgan fingerprint density at radius 1 is 1.11 bits per heavy atom. The molecule has 10 heteroatoms. The summed E-state index contributed by atoms with van der Waals surface area (Å²) < 4.78 is 16.1. The van der Waals surface area contributed by atoms with Gasteiger partial charge < -0.3 is 14.2 Å². The van der Waals surface area contributed by atoms with Crippen LogP contribution < -0.4 is 9.47 Å². The van der Waals surface area contributed by atoms with Crippen LogP contribution in [0.5, 0.6) is 11.5 Å². The molecule has 1 heterocycles. The lowest BCUT2D eigenvalue weighted by molar-refractivity contribution is -0.385. The first-order valence-electron chi connectivity index (χ1n) is 10.6. The second-order valence-electron chi connectivity index (χ2n) is 7.83. The third kappa shape index (κ3) is 4.96. The van der Waals surface area contributed by atoms with E-state index in [1.807, 2.05) is 6.07 Å². The summed E-state index contributed by atoms with van der Waals surface area (Å²) in [6.45, 7) is 3.37. The van der Waals surface area contributed by atoms with E-state index in [2.05, 4.69) is 4.99 Å². The fraction of sp³-hybridized carbons (Fsp3) is 0.115. The number of hydrogen-bond donors (Lipinski definition) is 0. The number of halogens is 1. The summed E-state index contributed by atoms with van der Waals surface area (Å²) in [5.74, 6) is -1.06. The molecule has 0 spiro atoms. The lowest BCUT2D eigenvalue weighted by Gasteiger charge is -2.13. The minimum atomic E-state index is -0.703. The van der Waals surface area contributed by atoms with E-state index < -0.39 is 16.9 Å². The Morgan fingerprint density at radius 3 is 2.53 bits per heavy atom. The minimum absolute atomic E-state index is 0.0104. The molecular weight excluding hydrogens is 488 g/mol. The van der Waals surface area contributed by atoms with E-state index in [1.54, 1.807) is 32.0 Å². The predicted molar refractivity (Wildman–Crippen MR) is 133 cm³/mol. The molecular formula is C26H19ClN2O7. The van der Waals surface area contributed by atoms with Crippen molar-refractivity contribution in [3.05, 3.63) is 103 Å². The summed E-state index contributed by atoms with van der Waals surface area (Å²) in [6.07, 6.45) is 1.44. The van der Waals surface area contributed by atoms with Gasteiger partial charge in [0.2, 0.25) is 5.90 Å². The number of carbonyl (C=O) groups is 2. The molecule has 4 rings (SSSR count). The highest BCUT2D eigenvalue weighted by molar-refractivity contribution is 6.32. The number of rotatable bonds is 6. The molecule has 0 fully saturated rings. The lowest BCUT2D eigenvalue weighted by Crippen LogP contribution is -2.11. The van der Waals surface area contributed by atoms with Gasteiger partial charge >= 0.3 is 11.9 Å². The van der Waals surface area contributed by atoms with Gasteiger partial charge in [-0.05, 0) is 61.4 Å². The molecule has 0 radical (unpaired) electrons. The molecule has 0 saturated heterocycles. The quantitative estimate of drug-likeness (QED) is 0.144. The number of aryl methyl sites for hydroxylation is 2. The molecule has 1 aliphatic rings. The Bertz CT molecular complexity index is 1480. The van der Waals surface area contributed by atoms with Gasteiger partial charge in [-0.15, -0.1) is 0 Å². The number of methoxy groups -OCH3 is 1. The van der Waals surface area contributed by atoms with Crippen molar-refractivity contribution in [1.82, 2.24) is 0 Å². The minimum Gasteiger partial charge on any atom is -0.493 e. The molecule has 0 atom stereocenters. The number of nitro benzene ring substituents is 1. The van der Waals surface area contributed by atoms with E-state index in [0.29, 0.717) is 22.3 Å². The first kappa shape index (κ1) is 24.6. The van der Waals surface area contributed by atoms with Gasteiger partial charge in [-0.1, -0.05) is 29.8 Å². The smallest absolute Gasteiger partial charge is 0.363 e. The zero-order valence-electron chi connectivity index (χ0n) is 19.4. The number of nitrogens with zero attached hydrogens (tertiary/aromatic N) is 2. The summed E-state index contributed by atoms with van der Waals surface area (Å²) in [7, 11) is 1.39. The van der Waals surface area contributed by atoms with E-state index in [-0.39, 0.29) is 33.8 Å². The van der Waals surface area contributed by atoms with Gasteiger partial charge in [-0.25, -0.2) is 14.6 Å². The largest absolute Gasteiger partial charge is 0.493 e. The van der Waals surface area contributed by atoms with E-state index >= 15 is 0 Å². The summed E-state index contributed by atoms with van der Waals surface area (Å²) in [6, 6.07) is 14.3. The first-order chi connectivity index (χ1) is 17.2. The molecule has 3 aromatic carbocycles. The summed E-state index contributed by atoms with van der Waals surface area (Å²) in [5.41, 5.74) is 2.34. The lowest BCUT2D eigenvalue weighted by atomic mass is 10.1. The maximum atomic E-state index is 12.7. The Morgan fingerprint density at radius 2 is 1.86 bits per heavy atom. The van der Waals surface area contributed by atoms with Gasteiger partial charge in [0.15, 0.2) is 17.2 Å². The zero-order valence-corrected chi connectivity index (χ0v) is 20.2. The van der Waals surface area contributed by atoms with Gasteiger partial charge in [0.05, 0.1) is 22.6 Å². The average Bonchev–Trinajstić information content (AvgIpc) is 3.20. The topological polar surface area (TPSA) is 117 Å². The third-order valence-corrected chi connectivity index (χ3v) is 5.66. The number of carbonyl (C=O) groups excluding carboxylic acids is 2. The van der Waals surface area contributed by atoms with Crippen LogP contribution in [-0.4, -0.2) is 29.9 Å². The average molecular weight is 507 g/mol. The highest BCUT2D eigenvalue weighted by atomic mass is 35.5. The fourth-order valence-corrected chi connectivity index (χ4v) is 3.81. The summed E-state index contributed by atoms with van der Waals surface area (Å²) >= 11 is 6.40. The first-order valence-corrected chi connectivity index (χ1v) is 11.0. The monoisotopic (exact) mass is 506 g/mol. The van der Waals surface area contributed by atoms with Crippen molar-refractivity contribution in [3.63, 3.8) is 0 Å². The maximum absolute atomic E-state index is 12.7. The summed E-state index contributed by atoms with van der Waals surface area (Å²) in [4.78, 5) is 39.8. The number of esters is 2. The van der Waals surface area contributed by atoms with Crippen molar-refractivity contribution >= 4 is 41.2 Å². The van der Waals surface area contributed by atoms with Crippen LogP contribution in [0.15, 0.2) is 65.3 Å². The molecule has 36 heavy (non-hydrogen) atoms. The molecule has 0 aromatic heterocycles. The number of hydrogen-bond acceptors (Lipinski definition) is 8. The standard InChI is InChI=1S/C26H19ClN2O7/c1-14-6-4-5-7-18(14)25(30)35-23-19(27)11-16(13-22(23)34-3)12-20-26(31)36-24(28-20)17-8-9-21(29(32)33)15(2)10-17/h4-13H,1-3H3/b20-12-. The van der Waals surface area contributed by atoms with Crippen LogP contribution in [0.1, 0.15) is 32.6 Å². The second kappa shape index (κ2) is 10.0. The highest BCUT2D eigenvalue weighted by Gasteiger charge is 2.26. The van der Waals surface area contributed by atoms with Crippen molar-refractivity contribution in [3.8, 4) is 11.5 Å². The van der Waals surface area contributed by atoms with E-state index in [9.17, 15) is 19.7 Å². The molecule has 0 amide bonds. The second-order valence-corrected chi connectivity index (χ2v) is 8.24. The predicted octanol–water partition coefficient (Wildman–Crippen LogP) is 5.44. The molecule has 0 bridgehead atoms. The third-order valence-electron chi connectivity index (χ3n) is 5.38.